The topological polar surface area (TPSA) is 48.9 Å². The molecule has 0 amide bonds. The molecule has 3 atom stereocenters. The molecule has 3 fully saturated rings. The highest BCUT2D eigenvalue weighted by Gasteiger charge is 2.41. The van der Waals surface area contributed by atoms with E-state index in [0.717, 1.165) is 24.8 Å². The van der Waals surface area contributed by atoms with Crippen LogP contribution in [-0.2, 0) is 4.74 Å². The number of aliphatic imine (C=N–C) groups is 1. The van der Waals surface area contributed by atoms with E-state index in [4.69, 9.17) is 4.74 Å². The molecular weight excluding hydrogens is 276 g/mol. The van der Waals surface area contributed by atoms with Crippen LogP contribution in [0.1, 0.15) is 45.4 Å². The highest BCUT2D eigenvalue weighted by molar-refractivity contribution is 5.80. The van der Waals surface area contributed by atoms with Crippen molar-refractivity contribution in [2.45, 2.75) is 63.7 Å². The van der Waals surface area contributed by atoms with Crippen molar-refractivity contribution in [3.05, 3.63) is 0 Å². The van der Waals surface area contributed by atoms with Crippen LogP contribution in [0.15, 0.2) is 4.99 Å². The molecule has 0 spiro atoms. The summed E-state index contributed by atoms with van der Waals surface area (Å²) in [5.74, 6) is 1.83. The van der Waals surface area contributed by atoms with Gasteiger partial charge in [-0.3, -0.25) is 4.99 Å². The second-order valence-electron chi connectivity index (χ2n) is 7.03. The molecule has 0 aliphatic carbocycles. The van der Waals surface area contributed by atoms with E-state index in [1.807, 2.05) is 7.05 Å². The van der Waals surface area contributed by atoms with Gasteiger partial charge in [0.15, 0.2) is 5.96 Å². The van der Waals surface area contributed by atoms with Crippen molar-refractivity contribution in [1.82, 2.24) is 15.5 Å². The van der Waals surface area contributed by atoms with E-state index in [1.165, 1.54) is 51.7 Å². The van der Waals surface area contributed by atoms with E-state index >= 15 is 0 Å². The van der Waals surface area contributed by atoms with Crippen LogP contribution in [0, 0.1) is 5.92 Å². The summed E-state index contributed by atoms with van der Waals surface area (Å²) >= 11 is 0. The molecule has 2 N–H and O–H groups in total. The molecule has 2 bridgehead atoms. The van der Waals surface area contributed by atoms with Crippen LogP contribution in [0.4, 0.5) is 0 Å². The van der Waals surface area contributed by atoms with Gasteiger partial charge >= 0.3 is 0 Å². The maximum absolute atomic E-state index is 5.90. The van der Waals surface area contributed by atoms with Crippen molar-refractivity contribution in [2.24, 2.45) is 10.9 Å². The minimum absolute atomic E-state index is 0.405. The van der Waals surface area contributed by atoms with Crippen molar-refractivity contribution in [1.29, 1.82) is 0 Å². The fourth-order valence-corrected chi connectivity index (χ4v) is 4.15. The lowest BCUT2D eigenvalue weighted by molar-refractivity contribution is 0.0992. The largest absolute Gasteiger partial charge is 0.373 e. The lowest BCUT2D eigenvalue weighted by atomic mass is 9.93. The third-order valence-electron chi connectivity index (χ3n) is 5.65. The molecule has 0 radical (unpaired) electrons. The first kappa shape index (κ1) is 16.1. The molecule has 3 heterocycles. The van der Waals surface area contributed by atoms with E-state index in [1.54, 1.807) is 0 Å². The Bertz CT molecular complexity index is 379. The molecule has 3 rings (SSSR count). The van der Waals surface area contributed by atoms with Gasteiger partial charge in [-0.15, -0.1) is 0 Å². The Hall–Kier alpha value is -0.810. The van der Waals surface area contributed by atoms with Gasteiger partial charge in [-0.1, -0.05) is 6.92 Å². The summed E-state index contributed by atoms with van der Waals surface area (Å²) in [7, 11) is 1.86. The number of nitrogens with zero attached hydrogens (tertiary/aromatic N) is 2. The van der Waals surface area contributed by atoms with Crippen molar-refractivity contribution in [3.8, 4) is 0 Å². The van der Waals surface area contributed by atoms with Crippen LogP contribution in [0.25, 0.3) is 0 Å². The summed E-state index contributed by atoms with van der Waals surface area (Å²) in [6.07, 6.45) is 8.43. The zero-order valence-electron chi connectivity index (χ0n) is 14.2. The zero-order chi connectivity index (χ0) is 15.4. The fraction of sp³-hybridized carbons (Fsp3) is 0.941. The normalized spacial score (nSPS) is 33.4. The van der Waals surface area contributed by atoms with Gasteiger partial charge in [0, 0.05) is 13.6 Å². The predicted molar refractivity (Wildman–Crippen MR) is 90.3 cm³/mol. The number of ether oxygens (including phenoxy) is 1. The van der Waals surface area contributed by atoms with E-state index in [0.29, 0.717) is 18.2 Å². The molecule has 3 saturated heterocycles. The van der Waals surface area contributed by atoms with Crippen molar-refractivity contribution >= 4 is 5.96 Å². The maximum Gasteiger partial charge on any atom is 0.191 e. The monoisotopic (exact) mass is 308 g/mol. The Balaban J connectivity index is 1.34. The summed E-state index contributed by atoms with van der Waals surface area (Å²) in [5.41, 5.74) is 0. The van der Waals surface area contributed by atoms with Crippen molar-refractivity contribution < 1.29 is 4.74 Å². The fourth-order valence-electron chi connectivity index (χ4n) is 4.15. The minimum Gasteiger partial charge on any atom is -0.373 e. The van der Waals surface area contributed by atoms with Crippen LogP contribution in [-0.4, -0.2) is 62.3 Å². The Morgan fingerprint density at radius 2 is 2.05 bits per heavy atom. The number of rotatable bonds is 5. The molecule has 3 aliphatic rings. The minimum atomic E-state index is 0.405. The molecule has 3 aliphatic heterocycles. The number of likely N-dealkylation sites (tertiary alicyclic amines) is 1. The predicted octanol–water partition coefficient (Wildman–Crippen LogP) is 1.59. The van der Waals surface area contributed by atoms with Gasteiger partial charge in [-0.25, -0.2) is 0 Å². The average Bonchev–Trinajstić information content (AvgIpc) is 3.17. The number of guanidine groups is 1. The SMILES string of the molecule is CCN1CCC(CCNC(=NC)NC2CC3CCC2O3)CC1. The lowest BCUT2D eigenvalue weighted by Gasteiger charge is -2.31. The molecule has 5 heteroatoms. The Labute approximate surface area is 134 Å². The third-order valence-corrected chi connectivity index (χ3v) is 5.65. The Morgan fingerprint density at radius 1 is 1.23 bits per heavy atom. The lowest BCUT2D eigenvalue weighted by Crippen LogP contribution is -2.47. The van der Waals surface area contributed by atoms with Gasteiger partial charge in [0.2, 0.25) is 0 Å². The van der Waals surface area contributed by atoms with Crippen LogP contribution in [0.3, 0.4) is 0 Å². The van der Waals surface area contributed by atoms with Crippen LogP contribution >= 0.6 is 0 Å². The second-order valence-corrected chi connectivity index (χ2v) is 7.03. The van der Waals surface area contributed by atoms with E-state index in [2.05, 4.69) is 27.4 Å². The van der Waals surface area contributed by atoms with Crippen LogP contribution < -0.4 is 10.6 Å². The van der Waals surface area contributed by atoms with Gasteiger partial charge < -0.3 is 20.3 Å². The second kappa shape index (κ2) is 7.64. The van der Waals surface area contributed by atoms with E-state index < -0.39 is 0 Å². The summed E-state index contributed by atoms with van der Waals surface area (Å²) in [6, 6.07) is 0.456. The molecule has 0 aromatic rings. The average molecular weight is 308 g/mol. The molecule has 5 nitrogen and oxygen atoms in total. The molecular formula is C17H32N4O. The molecule has 3 unspecified atom stereocenters. The molecule has 22 heavy (non-hydrogen) atoms. The van der Waals surface area contributed by atoms with Gasteiger partial charge in [-0.2, -0.15) is 0 Å². The summed E-state index contributed by atoms with van der Waals surface area (Å²) in [5, 5.41) is 7.05. The molecule has 126 valence electrons. The number of fused-ring (bicyclic) bond motifs is 2. The highest BCUT2D eigenvalue weighted by atomic mass is 16.5. The molecule has 0 saturated carbocycles. The quantitative estimate of drug-likeness (QED) is 0.598. The smallest absolute Gasteiger partial charge is 0.191 e. The summed E-state index contributed by atoms with van der Waals surface area (Å²) in [4.78, 5) is 6.93. The van der Waals surface area contributed by atoms with Gasteiger partial charge in [0.25, 0.3) is 0 Å². The third kappa shape index (κ3) is 3.93. The molecule has 0 aromatic carbocycles. The van der Waals surface area contributed by atoms with E-state index in [9.17, 15) is 0 Å². The van der Waals surface area contributed by atoms with Crippen molar-refractivity contribution in [2.75, 3.05) is 33.2 Å². The van der Waals surface area contributed by atoms with Gasteiger partial charge in [0.1, 0.15) is 0 Å². The summed E-state index contributed by atoms with van der Waals surface area (Å²) < 4.78 is 5.90. The number of hydrogen-bond donors (Lipinski definition) is 2. The maximum atomic E-state index is 5.90. The zero-order valence-corrected chi connectivity index (χ0v) is 14.2. The highest BCUT2D eigenvalue weighted by Crippen LogP contribution is 2.34. The number of piperidine rings is 1. The number of hydrogen-bond acceptors (Lipinski definition) is 3. The van der Waals surface area contributed by atoms with Crippen LogP contribution in [0.2, 0.25) is 0 Å². The summed E-state index contributed by atoms with van der Waals surface area (Å²) in [6.45, 7) is 7.04. The Kier molecular flexibility index (Phi) is 5.58. The number of nitrogens with one attached hydrogen (secondary N) is 2. The first-order chi connectivity index (χ1) is 10.8. The van der Waals surface area contributed by atoms with Gasteiger partial charge in [0.05, 0.1) is 18.2 Å². The first-order valence-electron chi connectivity index (χ1n) is 9.13. The van der Waals surface area contributed by atoms with Crippen LogP contribution in [0.5, 0.6) is 0 Å². The standard InChI is InChI=1S/C17H32N4O/c1-3-21-10-7-13(8-11-21)6-9-19-17(18-2)20-15-12-14-4-5-16(15)22-14/h13-16H,3-12H2,1-2H3,(H2,18,19,20). The molecule has 0 aromatic heterocycles. The van der Waals surface area contributed by atoms with Crippen molar-refractivity contribution in [3.63, 3.8) is 0 Å². The van der Waals surface area contributed by atoms with E-state index in [-0.39, 0.29) is 0 Å². The van der Waals surface area contributed by atoms with Gasteiger partial charge in [-0.05, 0) is 64.1 Å². The first-order valence-corrected chi connectivity index (χ1v) is 9.13. The Morgan fingerprint density at radius 3 is 2.64 bits per heavy atom.